The van der Waals surface area contributed by atoms with Crippen LogP contribution >= 0.6 is 0 Å². The molecular weight excluding hydrogens is 348 g/mol. The van der Waals surface area contributed by atoms with Gasteiger partial charge in [-0.15, -0.1) is 0 Å². The number of hydrogen-bond donors (Lipinski definition) is 1. The highest BCUT2D eigenvalue weighted by molar-refractivity contribution is 7.89. The van der Waals surface area contributed by atoms with Crippen molar-refractivity contribution in [2.45, 2.75) is 31.7 Å². The topological polar surface area (TPSA) is 62.4 Å². The quantitative estimate of drug-likeness (QED) is 0.767. The van der Waals surface area contributed by atoms with Gasteiger partial charge in [0.15, 0.2) is 0 Å². The standard InChI is InChI=1S/C20H22N2O3S/c1-13-4-7-20(14(2)10-13)26(23,24)22-9-8-19-17(12-22)16-11-15(25-3)5-6-18(16)21-19/h4-7,10-11,21H,8-9,12H2,1-3H3. The second-order valence-corrected chi connectivity index (χ2v) is 8.76. The Morgan fingerprint density at radius 2 is 1.92 bits per heavy atom. The molecule has 0 amide bonds. The number of methoxy groups -OCH3 is 1. The van der Waals surface area contributed by atoms with Crippen LogP contribution in [0.15, 0.2) is 41.3 Å². The molecule has 3 aromatic rings. The molecule has 1 aliphatic heterocycles. The number of benzene rings is 2. The fraction of sp³-hybridized carbons (Fsp3) is 0.300. The number of sulfonamides is 1. The number of rotatable bonds is 3. The summed E-state index contributed by atoms with van der Waals surface area (Å²) in [4.78, 5) is 3.81. The van der Waals surface area contributed by atoms with Crippen LogP contribution in [0, 0.1) is 13.8 Å². The van der Waals surface area contributed by atoms with Crippen molar-refractivity contribution in [3.05, 3.63) is 58.8 Å². The summed E-state index contributed by atoms with van der Waals surface area (Å²) < 4.78 is 33.3. The molecule has 0 aliphatic carbocycles. The minimum Gasteiger partial charge on any atom is -0.497 e. The zero-order valence-electron chi connectivity index (χ0n) is 15.2. The molecule has 136 valence electrons. The van der Waals surface area contributed by atoms with Gasteiger partial charge in [-0.3, -0.25) is 0 Å². The van der Waals surface area contributed by atoms with Crippen LogP contribution in [0.1, 0.15) is 22.4 Å². The van der Waals surface area contributed by atoms with Gasteiger partial charge >= 0.3 is 0 Å². The van der Waals surface area contributed by atoms with E-state index < -0.39 is 10.0 Å². The number of aromatic amines is 1. The minimum atomic E-state index is -3.53. The number of fused-ring (bicyclic) bond motifs is 3. The fourth-order valence-electron chi connectivity index (χ4n) is 3.73. The highest BCUT2D eigenvalue weighted by Crippen LogP contribution is 2.33. The van der Waals surface area contributed by atoms with Crippen molar-refractivity contribution in [2.75, 3.05) is 13.7 Å². The van der Waals surface area contributed by atoms with Crippen LogP contribution in [0.25, 0.3) is 10.9 Å². The zero-order chi connectivity index (χ0) is 18.5. The third-order valence-corrected chi connectivity index (χ3v) is 7.10. The molecule has 0 unspecified atom stereocenters. The normalized spacial score (nSPS) is 15.2. The summed E-state index contributed by atoms with van der Waals surface area (Å²) in [5.74, 6) is 0.772. The predicted octanol–water partition coefficient (Wildman–Crippen LogP) is 3.54. The molecule has 0 radical (unpaired) electrons. The van der Waals surface area contributed by atoms with Gasteiger partial charge in [-0.25, -0.2) is 8.42 Å². The van der Waals surface area contributed by atoms with Crippen LogP contribution in [0.3, 0.4) is 0 Å². The second kappa shape index (κ2) is 6.14. The number of hydrogen-bond acceptors (Lipinski definition) is 3. The molecule has 0 bridgehead atoms. The lowest BCUT2D eigenvalue weighted by Gasteiger charge is -2.27. The molecule has 0 fully saturated rings. The first-order chi connectivity index (χ1) is 12.4. The van der Waals surface area contributed by atoms with Crippen LogP contribution < -0.4 is 4.74 Å². The lowest BCUT2D eigenvalue weighted by Crippen LogP contribution is -2.36. The van der Waals surface area contributed by atoms with Crippen molar-refractivity contribution in [1.82, 2.24) is 9.29 Å². The molecule has 2 aromatic carbocycles. The maximum atomic E-state index is 13.2. The number of H-pyrrole nitrogens is 1. The lowest BCUT2D eigenvalue weighted by atomic mass is 10.1. The van der Waals surface area contributed by atoms with Gasteiger partial charge in [-0.05, 0) is 49.2 Å². The van der Waals surface area contributed by atoms with E-state index in [0.29, 0.717) is 24.4 Å². The first kappa shape index (κ1) is 17.1. The van der Waals surface area contributed by atoms with Crippen molar-refractivity contribution >= 4 is 20.9 Å². The van der Waals surface area contributed by atoms with Crippen LogP contribution in [0.5, 0.6) is 5.75 Å². The summed E-state index contributed by atoms with van der Waals surface area (Å²) in [5, 5.41) is 1.03. The molecule has 0 saturated carbocycles. The Morgan fingerprint density at radius 3 is 2.65 bits per heavy atom. The van der Waals surface area contributed by atoms with E-state index in [2.05, 4.69) is 4.98 Å². The number of nitrogens with one attached hydrogen (secondary N) is 1. The summed E-state index contributed by atoms with van der Waals surface area (Å²) in [6.07, 6.45) is 0.677. The van der Waals surface area contributed by atoms with E-state index in [1.807, 2.05) is 44.2 Å². The molecule has 2 heterocycles. The van der Waals surface area contributed by atoms with E-state index in [1.165, 1.54) is 0 Å². The van der Waals surface area contributed by atoms with Gasteiger partial charge in [0, 0.05) is 36.1 Å². The molecule has 1 aromatic heterocycles. The second-order valence-electron chi connectivity index (χ2n) is 6.85. The summed E-state index contributed by atoms with van der Waals surface area (Å²) >= 11 is 0. The number of aryl methyl sites for hydroxylation is 2. The van der Waals surface area contributed by atoms with Crippen LogP contribution in [-0.4, -0.2) is 31.4 Å². The van der Waals surface area contributed by atoms with E-state index in [1.54, 1.807) is 17.5 Å². The van der Waals surface area contributed by atoms with Gasteiger partial charge in [0.05, 0.1) is 12.0 Å². The third kappa shape index (κ3) is 2.70. The monoisotopic (exact) mass is 370 g/mol. The number of nitrogens with zero attached hydrogens (tertiary/aromatic N) is 1. The molecule has 4 rings (SSSR count). The van der Waals surface area contributed by atoms with Crippen LogP contribution in [0.4, 0.5) is 0 Å². The van der Waals surface area contributed by atoms with Gasteiger partial charge in [-0.2, -0.15) is 4.31 Å². The predicted molar refractivity (Wildman–Crippen MR) is 102 cm³/mol. The van der Waals surface area contributed by atoms with E-state index in [4.69, 9.17) is 4.74 Å². The maximum absolute atomic E-state index is 13.2. The number of aromatic nitrogens is 1. The summed E-state index contributed by atoms with van der Waals surface area (Å²) in [7, 11) is -1.89. The Morgan fingerprint density at radius 1 is 1.12 bits per heavy atom. The molecule has 5 nitrogen and oxygen atoms in total. The first-order valence-electron chi connectivity index (χ1n) is 8.65. The Labute approximate surface area is 153 Å². The molecular formula is C20H22N2O3S. The third-order valence-electron chi connectivity index (χ3n) is 5.10. The zero-order valence-corrected chi connectivity index (χ0v) is 16.0. The summed E-state index contributed by atoms with van der Waals surface area (Å²) in [5.41, 5.74) is 5.02. The minimum absolute atomic E-state index is 0.373. The molecule has 26 heavy (non-hydrogen) atoms. The van der Waals surface area contributed by atoms with Gasteiger partial charge < -0.3 is 9.72 Å². The molecule has 0 saturated heterocycles. The molecule has 0 atom stereocenters. The highest BCUT2D eigenvalue weighted by Gasteiger charge is 2.31. The van der Waals surface area contributed by atoms with E-state index in [-0.39, 0.29) is 0 Å². The summed E-state index contributed by atoms with van der Waals surface area (Å²) in [6, 6.07) is 11.3. The van der Waals surface area contributed by atoms with Crippen molar-refractivity contribution in [3.8, 4) is 5.75 Å². The molecule has 0 spiro atoms. The Bertz CT molecular complexity index is 1100. The largest absolute Gasteiger partial charge is 0.497 e. The van der Waals surface area contributed by atoms with Crippen LogP contribution in [-0.2, 0) is 23.0 Å². The average Bonchev–Trinajstić information content (AvgIpc) is 2.98. The maximum Gasteiger partial charge on any atom is 0.243 e. The van der Waals surface area contributed by atoms with Crippen molar-refractivity contribution in [2.24, 2.45) is 0 Å². The van der Waals surface area contributed by atoms with Crippen molar-refractivity contribution < 1.29 is 13.2 Å². The molecule has 1 aliphatic rings. The van der Waals surface area contributed by atoms with E-state index in [9.17, 15) is 8.42 Å². The first-order valence-corrected chi connectivity index (χ1v) is 10.1. The molecule has 6 heteroatoms. The number of ether oxygens (including phenoxy) is 1. The van der Waals surface area contributed by atoms with E-state index in [0.717, 1.165) is 39.0 Å². The van der Waals surface area contributed by atoms with Gasteiger partial charge in [-0.1, -0.05) is 17.7 Å². The molecule has 1 N–H and O–H groups in total. The van der Waals surface area contributed by atoms with Gasteiger partial charge in [0.1, 0.15) is 5.75 Å². The smallest absolute Gasteiger partial charge is 0.243 e. The SMILES string of the molecule is COc1ccc2[nH]c3c(c2c1)CN(S(=O)(=O)c1ccc(C)cc1C)CC3. The van der Waals surface area contributed by atoms with Crippen molar-refractivity contribution in [1.29, 1.82) is 0 Å². The Kier molecular flexibility index (Phi) is 4.04. The van der Waals surface area contributed by atoms with E-state index >= 15 is 0 Å². The highest BCUT2D eigenvalue weighted by atomic mass is 32.2. The van der Waals surface area contributed by atoms with Gasteiger partial charge in [0.25, 0.3) is 0 Å². The Balaban J connectivity index is 1.75. The van der Waals surface area contributed by atoms with Gasteiger partial charge in [0.2, 0.25) is 10.0 Å². The Hall–Kier alpha value is -2.31. The van der Waals surface area contributed by atoms with Crippen molar-refractivity contribution in [3.63, 3.8) is 0 Å². The fourth-order valence-corrected chi connectivity index (χ4v) is 5.34. The lowest BCUT2D eigenvalue weighted by molar-refractivity contribution is 0.391. The average molecular weight is 370 g/mol. The van der Waals surface area contributed by atoms with Crippen LogP contribution in [0.2, 0.25) is 0 Å². The summed E-state index contributed by atoms with van der Waals surface area (Å²) in [6.45, 7) is 4.67.